The van der Waals surface area contributed by atoms with Crippen molar-refractivity contribution in [3.63, 3.8) is 0 Å². The van der Waals surface area contributed by atoms with E-state index in [0.29, 0.717) is 23.1 Å². The third-order valence-electron chi connectivity index (χ3n) is 2.71. The quantitative estimate of drug-likeness (QED) is 0.481. The first-order valence-corrected chi connectivity index (χ1v) is 7.58. The van der Waals surface area contributed by atoms with Crippen molar-refractivity contribution < 1.29 is 32.2 Å². The van der Waals surface area contributed by atoms with Crippen molar-refractivity contribution in [2.24, 2.45) is 0 Å². The van der Waals surface area contributed by atoms with E-state index in [9.17, 15) is 22.8 Å². The molecule has 0 aliphatic carbocycles. The first-order chi connectivity index (χ1) is 10.4. The van der Waals surface area contributed by atoms with Gasteiger partial charge in [-0.2, -0.15) is 0 Å². The Morgan fingerprint density at radius 1 is 1.14 bits per heavy atom. The smallest absolute Gasteiger partial charge is 0.348 e. The van der Waals surface area contributed by atoms with Gasteiger partial charge < -0.3 is 9.47 Å². The van der Waals surface area contributed by atoms with Crippen LogP contribution in [0.4, 0.5) is 13.2 Å². The lowest BCUT2D eigenvalue weighted by Gasteiger charge is -2.06. The fraction of sp³-hybridized carbons (Fsp3) is 0.231. The average Bonchev–Trinajstić information content (AvgIpc) is 2.97. The van der Waals surface area contributed by atoms with Gasteiger partial charge in [0, 0.05) is 5.39 Å². The Hall–Kier alpha value is -1.74. The topological polar surface area (TPSA) is 52.6 Å². The first kappa shape index (κ1) is 16.6. The molecule has 0 saturated carbocycles. The lowest BCUT2D eigenvalue weighted by atomic mass is 10.2. The van der Waals surface area contributed by atoms with Gasteiger partial charge in [0.05, 0.1) is 29.6 Å². The van der Waals surface area contributed by atoms with Crippen LogP contribution in [0.5, 0.6) is 0 Å². The highest BCUT2D eigenvalue weighted by Gasteiger charge is 2.25. The van der Waals surface area contributed by atoms with Crippen LogP contribution in [0, 0.1) is 17.5 Å². The van der Waals surface area contributed by atoms with Gasteiger partial charge >= 0.3 is 11.9 Å². The second-order valence-electron chi connectivity index (χ2n) is 3.98. The molecule has 0 unspecified atom stereocenters. The van der Waals surface area contributed by atoms with Gasteiger partial charge in [-0.25, -0.2) is 18.0 Å². The van der Waals surface area contributed by atoms with Gasteiger partial charge in [-0.05, 0) is 6.07 Å². The molecule has 2 aromatic rings. The summed E-state index contributed by atoms with van der Waals surface area (Å²) in [6.45, 7) is 0. The minimum Gasteiger partial charge on any atom is -0.468 e. The molecule has 0 N–H and O–H groups in total. The number of carbonyl (C=O) groups is 2. The number of thiophene rings is 1. The Morgan fingerprint density at radius 3 is 2.41 bits per heavy atom. The van der Waals surface area contributed by atoms with E-state index in [0.717, 1.165) is 20.3 Å². The number of ether oxygens (including phenoxy) is 2. The maximum Gasteiger partial charge on any atom is 0.348 e. The number of benzene rings is 1. The normalized spacial score (nSPS) is 10.8. The maximum atomic E-state index is 14.3. The van der Waals surface area contributed by atoms with Crippen molar-refractivity contribution in [3.8, 4) is 0 Å². The molecule has 22 heavy (non-hydrogen) atoms. The predicted octanol–water partition coefficient (Wildman–Crippen LogP) is 3.37. The lowest BCUT2D eigenvalue weighted by Crippen LogP contribution is -2.04. The summed E-state index contributed by atoms with van der Waals surface area (Å²) in [7, 11) is 2.25. The second kappa shape index (κ2) is 6.57. The van der Waals surface area contributed by atoms with E-state index in [4.69, 9.17) is 0 Å². The number of fused-ring (bicyclic) bond motifs is 1. The molecule has 0 atom stereocenters. The molecule has 0 aliphatic rings. The van der Waals surface area contributed by atoms with Gasteiger partial charge in [0.15, 0.2) is 17.5 Å². The molecule has 1 aromatic heterocycles. The summed E-state index contributed by atoms with van der Waals surface area (Å²) in [6.07, 6.45) is 0. The number of methoxy groups -OCH3 is 2. The van der Waals surface area contributed by atoms with E-state index in [1.54, 1.807) is 0 Å². The first-order valence-electron chi connectivity index (χ1n) is 5.78. The van der Waals surface area contributed by atoms with E-state index in [1.165, 1.54) is 0 Å². The van der Waals surface area contributed by atoms with Crippen LogP contribution in [-0.4, -0.2) is 31.9 Å². The second-order valence-corrected chi connectivity index (χ2v) is 6.02. The highest BCUT2D eigenvalue weighted by atomic mass is 32.2. The zero-order valence-corrected chi connectivity index (χ0v) is 13.0. The van der Waals surface area contributed by atoms with E-state index >= 15 is 0 Å². The van der Waals surface area contributed by atoms with Crippen molar-refractivity contribution in [2.45, 2.75) is 4.90 Å². The molecule has 0 bridgehead atoms. The van der Waals surface area contributed by atoms with Crippen molar-refractivity contribution >= 4 is 45.1 Å². The Labute approximate surface area is 131 Å². The van der Waals surface area contributed by atoms with Crippen LogP contribution in [0.25, 0.3) is 10.1 Å². The van der Waals surface area contributed by atoms with Gasteiger partial charge in [-0.15, -0.1) is 23.1 Å². The summed E-state index contributed by atoms with van der Waals surface area (Å²) in [5.41, 5.74) is 0. The monoisotopic (exact) mass is 350 g/mol. The Kier molecular flexibility index (Phi) is 4.97. The summed E-state index contributed by atoms with van der Waals surface area (Å²) in [4.78, 5) is 21.8. The highest BCUT2D eigenvalue weighted by Crippen LogP contribution is 2.38. The SMILES string of the molecule is COC(=O)CSc1c(F)c(F)c2cc(C(=O)OC)sc2c1F. The van der Waals surface area contributed by atoms with E-state index in [2.05, 4.69) is 9.47 Å². The number of thioether (sulfide) groups is 1. The van der Waals surface area contributed by atoms with Crippen molar-refractivity contribution in [1.29, 1.82) is 0 Å². The van der Waals surface area contributed by atoms with Gasteiger partial charge in [-0.1, -0.05) is 0 Å². The standard InChI is InChI=1S/C13H9F3O4S2/c1-19-7(17)4-21-12-9(15)8(14)5-3-6(13(18)20-2)22-11(5)10(12)16/h3H,4H2,1-2H3. The largest absolute Gasteiger partial charge is 0.468 e. The molecule has 1 aromatic carbocycles. The van der Waals surface area contributed by atoms with E-state index in [-0.39, 0.29) is 20.7 Å². The zero-order valence-electron chi connectivity index (χ0n) is 11.4. The predicted molar refractivity (Wildman–Crippen MR) is 75.8 cm³/mol. The summed E-state index contributed by atoms with van der Waals surface area (Å²) < 4.78 is 50.9. The molecule has 0 spiro atoms. The minimum absolute atomic E-state index is 0.0511. The Balaban J connectivity index is 2.54. The summed E-state index contributed by atoms with van der Waals surface area (Å²) in [5, 5.41) is -0.345. The van der Waals surface area contributed by atoms with Crippen molar-refractivity contribution in [1.82, 2.24) is 0 Å². The van der Waals surface area contributed by atoms with Crippen LogP contribution in [0.3, 0.4) is 0 Å². The fourth-order valence-electron chi connectivity index (χ4n) is 1.65. The van der Waals surface area contributed by atoms with Crippen molar-refractivity contribution in [2.75, 3.05) is 20.0 Å². The van der Waals surface area contributed by atoms with Gasteiger partial charge in [-0.3, -0.25) is 4.79 Å². The number of halogens is 3. The van der Waals surface area contributed by atoms with Crippen LogP contribution >= 0.6 is 23.1 Å². The number of esters is 2. The summed E-state index contributed by atoms with van der Waals surface area (Å²) in [6, 6.07) is 1.03. The van der Waals surface area contributed by atoms with E-state index in [1.807, 2.05) is 0 Å². The van der Waals surface area contributed by atoms with Gasteiger partial charge in [0.25, 0.3) is 0 Å². The third-order valence-corrected chi connectivity index (χ3v) is 4.84. The number of carbonyl (C=O) groups excluding carboxylic acids is 2. The van der Waals surface area contributed by atoms with Crippen LogP contribution in [0.2, 0.25) is 0 Å². The molecule has 118 valence electrons. The zero-order chi connectivity index (χ0) is 16.4. The van der Waals surface area contributed by atoms with Gasteiger partial charge in [0.2, 0.25) is 0 Å². The van der Waals surface area contributed by atoms with Crippen LogP contribution < -0.4 is 0 Å². The minimum atomic E-state index is -1.41. The maximum absolute atomic E-state index is 14.3. The molecular formula is C13H9F3O4S2. The average molecular weight is 350 g/mol. The fourth-order valence-corrected chi connectivity index (χ4v) is 3.56. The number of hydrogen-bond donors (Lipinski definition) is 0. The molecule has 9 heteroatoms. The molecule has 2 rings (SSSR count). The number of hydrogen-bond acceptors (Lipinski definition) is 6. The lowest BCUT2D eigenvalue weighted by molar-refractivity contribution is -0.137. The van der Waals surface area contributed by atoms with Gasteiger partial charge in [0.1, 0.15) is 4.88 Å². The Bertz CT molecular complexity index is 758. The molecule has 0 amide bonds. The summed E-state index contributed by atoms with van der Waals surface area (Å²) >= 11 is 1.13. The molecule has 0 aliphatic heterocycles. The Morgan fingerprint density at radius 2 is 1.82 bits per heavy atom. The number of rotatable bonds is 4. The molecule has 0 fully saturated rings. The molecular weight excluding hydrogens is 341 g/mol. The molecule has 1 heterocycles. The highest BCUT2D eigenvalue weighted by molar-refractivity contribution is 8.00. The third kappa shape index (κ3) is 2.91. The van der Waals surface area contributed by atoms with Crippen LogP contribution in [-0.2, 0) is 14.3 Å². The molecule has 0 radical (unpaired) electrons. The van der Waals surface area contributed by atoms with Crippen molar-refractivity contribution in [3.05, 3.63) is 28.4 Å². The van der Waals surface area contributed by atoms with Crippen LogP contribution in [0.15, 0.2) is 11.0 Å². The van der Waals surface area contributed by atoms with Crippen LogP contribution in [0.1, 0.15) is 9.67 Å². The van der Waals surface area contributed by atoms with E-state index < -0.39 is 34.3 Å². The molecule has 0 saturated heterocycles. The summed E-state index contributed by atoms with van der Waals surface area (Å²) in [5.74, 6) is -5.56. The molecule has 4 nitrogen and oxygen atoms in total.